The van der Waals surface area contributed by atoms with Crippen molar-refractivity contribution in [1.82, 2.24) is 9.55 Å². The molecule has 2 heterocycles. The van der Waals surface area contributed by atoms with E-state index in [0.29, 0.717) is 27.3 Å². The molecule has 1 aromatic heterocycles. The number of benzene rings is 2. The van der Waals surface area contributed by atoms with Gasteiger partial charge in [-0.05, 0) is 11.6 Å². The number of hydrogen-bond donors (Lipinski definition) is 1. The molecule has 0 bridgehead atoms. The van der Waals surface area contributed by atoms with Gasteiger partial charge in [-0.15, -0.1) is 0 Å². The standard InChI is InChI=1S/C21H17ClN4O4S/c1-25-19-18(20(28)24-21(25)31-11-12-6-2-4-8-15(12)22)14(10-17(27)23-19)13-7-3-5-9-16(13)26(29)30/h2-9,14H,10-11H2,1H3,(H,23,27). The zero-order valence-electron chi connectivity index (χ0n) is 16.4. The minimum Gasteiger partial charge on any atom is -0.312 e. The molecule has 1 atom stereocenters. The molecule has 0 spiro atoms. The van der Waals surface area contributed by atoms with Crippen molar-refractivity contribution in [2.45, 2.75) is 23.2 Å². The average Bonchev–Trinajstić information content (AvgIpc) is 2.75. The van der Waals surface area contributed by atoms with Crippen LogP contribution >= 0.6 is 23.4 Å². The highest BCUT2D eigenvalue weighted by atomic mass is 35.5. The first-order valence-corrected chi connectivity index (χ1v) is 10.7. The van der Waals surface area contributed by atoms with Gasteiger partial charge in [-0.25, -0.2) is 0 Å². The number of halogens is 1. The SMILES string of the molecule is Cn1c(SCc2ccccc2Cl)nc(=O)c2c1NC(=O)CC2c1ccccc1[N+](=O)[O-]. The van der Waals surface area contributed by atoms with Crippen LogP contribution in [0.5, 0.6) is 0 Å². The number of amides is 1. The summed E-state index contributed by atoms with van der Waals surface area (Å²) in [6, 6.07) is 13.5. The molecule has 1 aliphatic heterocycles. The third-order valence-corrected chi connectivity index (χ3v) is 6.57. The molecule has 8 nitrogen and oxygen atoms in total. The topological polar surface area (TPSA) is 107 Å². The molecule has 4 rings (SSSR count). The molecule has 3 aromatic rings. The van der Waals surface area contributed by atoms with Crippen LogP contribution in [0.15, 0.2) is 58.5 Å². The number of fused-ring (bicyclic) bond motifs is 1. The summed E-state index contributed by atoms with van der Waals surface area (Å²) in [7, 11) is 1.70. The molecule has 1 aliphatic rings. The number of nitrogens with one attached hydrogen (secondary N) is 1. The Balaban J connectivity index is 1.77. The van der Waals surface area contributed by atoms with Crippen LogP contribution < -0.4 is 10.9 Å². The van der Waals surface area contributed by atoms with Crippen LogP contribution in [0.25, 0.3) is 0 Å². The zero-order chi connectivity index (χ0) is 22.1. The van der Waals surface area contributed by atoms with Crippen molar-refractivity contribution in [2.24, 2.45) is 7.05 Å². The zero-order valence-corrected chi connectivity index (χ0v) is 17.9. The molecule has 10 heteroatoms. The second kappa shape index (κ2) is 8.52. The number of carbonyl (C=O) groups excluding carboxylic acids is 1. The van der Waals surface area contributed by atoms with Gasteiger partial charge in [0, 0.05) is 41.8 Å². The lowest BCUT2D eigenvalue weighted by Gasteiger charge is -2.27. The highest BCUT2D eigenvalue weighted by Crippen LogP contribution is 2.39. The number of hydrogen-bond acceptors (Lipinski definition) is 6. The van der Waals surface area contributed by atoms with E-state index in [-0.39, 0.29) is 23.6 Å². The van der Waals surface area contributed by atoms with Gasteiger partial charge in [0.2, 0.25) is 5.91 Å². The predicted octanol–water partition coefficient (Wildman–Crippen LogP) is 4.11. The Kier molecular flexibility index (Phi) is 5.79. The monoisotopic (exact) mass is 456 g/mol. The second-order valence-electron chi connectivity index (χ2n) is 7.02. The molecule has 0 saturated carbocycles. The van der Waals surface area contributed by atoms with Crippen molar-refractivity contribution in [3.63, 3.8) is 0 Å². The summed E-state index contributed by atoms with van der Waals surface area (Å²) in [5.41, 5.74) is 0.811. The molecular weight excluding hydrogens is 440 g/mol. The fourth-order valence-electron chi connectivity index (χ4n) is 3.64. The summed E-state index contributed by atoms with van der Waals surface area (Å²) >= 11 is 7.52. The maximum absolute atomic E-state index is 13.0. The van der Waals surface area contributed by atoms with Gasteiger partial charge in [-0.2, -0.15) is 4.98 Å². The number of thioether (sulfide) groups is 1. The largest absolute Gasteiger partial charge is 0.312 e. The van der Waals surface area contributed by atoms with Crippen LogP contribution in [0.2, 0.25) is 5.02 Å². The highest BCUT2D eigenvalue weighted by molar-refractivity contribution is 7.98. The number of nitro benzene ring substituents is 1. The number of para-hydroxylation sites is 1. The Labute approximate surface area is 186 Å². The van der Waals surface area contributed by atoms with Crippen LogP contribution in [0.3, 0.4) is 0 Å². The third-order valence-electron chi connectivity index (χ3n) is 5.12. The number of nitro groups is 1. The summed E-state index contributed by atoms with van der Waals surface area (Å²) in [5, 5.41) is 15.3. The van der Waals surface area contributed by atoms with Gasteiger partial charge in [-0.3, -0.25) is 19.7 Å². The van der Waals surface area contributed by atoms with Crippen LogP contribution in [-0.4, -0.2) is 20.4 Å². The normalized spacial score (nSPS) is 15.3. The fraction of sp³-hybridized carbons (Fsp3) is 0.190. The van der Waals surface area contributed by atoms with Crippen molar-refractivity contribution in [3.8, 4) is 0 Å². The molecular formula is C21H17ClN4O4S. The van der Waals surface area contributed by atoms with Gasteiger partial charge in [0.1, 0.15) is 5.82 Å². The second-order valence-corrected chi connectivity index (χ2v) is 8.37. The van der Waals surface area contributed by atoms with Crippen molar-refractivity contribution in [1.29, 1.82) is 0 Å². The van der Waals surface area contributed by atoms with Gasteiger partial charge in [0.25, 0.3) is 11.2 Å². The van der Waals surface area contributed by atoms with Crippen molar-refractivity contribution >= 4 is 40.8 Å². The van der Waals surface area contributed by atoms with Gasteiger partial charge in [0.05, 0.1) is 10.5 Å². The van der Waals surface area contributed by atoms with Crippen LogP contribution in [-0.2, 0) is 17.6 Å². The van der Waals surface area contributed by atoms with Crippen molar-refractivity contribution in [2.75, 3.05) is 5.32 Å². The van der Waals surface area contributed by atoms with Gasteiger partial charge < -0.3 is 9.88 Å². The summed E-state index contributed by atoms with van der Waals surface area (Å²) in [5.74, 6) is -0.278. The minimum absolute atomic E-state index is 0.0686. The minimum atomic E-state index is -0.751. The molecule has 1 amide bonds. The Bertz CT molecular complexity index is 1260. The lowest BCUT2D eigenvalue weighted by molar-refractivity contribution is -0.385. The Hall–Kier alpha value is -3.17. The molecule has 158 valence electrons. The van der Waals surface area contributed by atoms with E-state index in [1.54, 1.807) is 35.9 Å². The molecule has 0 aliphatic carbocycles. The summed E-state index contributed by atoms with van der Waals surface area (Å²) < 4.78 is 1.64. The highest BCUT2D eigenvalue weighted by Gasteiger charge is 2.35. The van der Waals surface area contributed by atoms with E-state index >= 15 is 0 Å². The molecule has 0 radical (unpaired) electrons. The van der Waals surface area contributed by atoms with E-state index in [0.717, 1.165) is 5.56 Å². The maximum atomic E-state index is 13.0. The molecule has 1 N–H and O–H groups in total. The number of carbonyl (C=O) groups is 1. The Morgan fingerprint density at radius 3 is 2.68 bits per heavy atom. The van der Waals surface area contributed by atoms with Gasteiger partial charge in [-0.1, -0.05) is 59.8 Å². The van der Waals surface area contributed by atoms with E-state index in [2.05, 4.69) is 10.3 Å². The van der Waals surface area contributed by atoms with Crippen molar-refractivity contribution < 1.29 is 9.72 Å². The number of rotatable bonds is 5. The molecule has 0 saturated heterocycles. The molecule has 0 fully saturated rings. The quantitative estimate of drug-likeness (QED) is 0.268. The first-order valence-electron chi connectivity index (χ1n) is 9.37. The first-order chi connectivity index (χ1) is 14.9. The number of anilines is 1. The first kappa shape index (κ1) is 21.1. The Morgan fingerprint density at radius 1 is 1.23 bits per heavy atom. The molecule has 31 heavy (non-hydrogen) atoms. The Morgan fingerprint density at radius 2 is 1.94 bits per heavy atom. The number of aromatic nitrogens is 2. The summed E-state index contributed by atoms with van der Waals surface area (Å²) in [6.45, 7) is 0. The van der Waals surface area contributed by atoms with E-state index in [9.17, 15) is 19.7 Å². The maximum Gasteiger partial charge on any atom is 0.279 e. The molecule has 1 unspecified atom stereocenters. The van der Waals surface area contributed by atoms with E-state index in [1.165, 1.54) is 17.8 Å². The smallest absolute Gasteiger partial charge is 0.279 e. The van der Waals surface area contributed by atoms with Crippen molar-refractivity contribution in [3.05, 3.63) is 90.7 Å². The predicted molar refractivity (Wildman–Crippen MR) is 119 cm³/mol. The summed E-state index contributed by atoms with van der Waals surface area (Å²) in [4.78, 5) is 40.7. The lowest BCUT2D eigenvalue weighted by atomic mass is 9.86. The lowest BCUT2D eigenvalue weighted by Crippen LogP contribution is -2.33. The molecule has 2 aromatic carbocycles. The third kappa shape index (κ3) is 4.06. The van der Waals surface area contributed by atoms with Crippen LogP contribution in [0.1, 0.15) is 29.0 Å². The van der Waals surface area contributed by atoms with Gasteiger partial charge in [0.15, 0.2) is 5.16 Å². The van der Waals surface area contributed by atoms with Crippen LogP contribution in [0, 0.1) is 10.1 Å². The average molecular weight is 457 g/mol. The van der Waals surface area contributed by atoms with E-state index in [4.69, 9.17) is 11.6 Å². The number of nitrogens with zero attached hydrogens (tertiary/aromatic N) is 3. The van der Waals surface area contributed by atoms with Gasteiger partial charge >= 0.3 is 0 Å². The van der Waals surface area contributed by atoms with E-state index < -0.39 is 16.4 Å². The van der Waals surface area contributed by atoms with Crippen LogP contribution in [0.4, 0.5) is 11.5 Å². The summed E-state index contributed by atoms with van der Waals surface area (Å²) in [6.07, 6.45) is -0.0686. The van der Waals surface area contributed by atoms with E-state index in [1.807, 2.05) is 18.2 Å². The fourth-order valence-corrected chi connectivity index (χ4v) is 4.89.